The topological polar surface area (TPSA) is 105 Å². The van der Waals surface area contributed by atoms with Gasteiger partial charge in [-0.15, -0.1) is 0 Å². The molecule has 0 radical (unpaired) electrons. The molecule has 0 aromatic carbocycles. The van der Waals surface area contributed by atoms with Crippen LogP contribution in [0.5, 0.6) is 0 Å². The lowest BCUT2D eigenvalue weighted by Crippen LogP contribution is -2.45. The van der Waals surface area contributed by atoms with Crippen molar-refractivity contribution in [2.75, 3.05) is 40.9 Å². The molecule has 0 aromatic rings. The second-order valence-corrected chi connectivity index (χ2v) is 23.9. The molecule has 0 bridgehead atoms. The summed E-state index contributed by atoms with van der Waals surface area (Å²) < 4.78 is 23.7. The lowest BCUT2D eigenvalue weighted by atomic mass is 10.0. The molecule has 0 rings (SSSR count). The van der Waals surface area contributed by atoms with E-state index in [1.807, 2.05) is 27.2 Å². The summed E-state index contributed by atoms with van der Waals surface area (Å²) in [7, 11) is 1.58. The molecule has 0 aromatic heterocycles. The first kappa shape index (κ1) is 69.7. The van der Waals surface area contributed by atoms with E-state index in [4.69, 9.17) is 9.05 Å². The number of phosphoric ester groups is 1. The Kier molecular flexibility index (Phi) is 52.6. The van der Waals surface area contributed by atoms with E-state index in [1.165, 1.54) is 238 Å². The molecule has 0 saturated heterocycles. The average Bonchev–Trinajstić information content (AvgIpc) is 3.33. The average molecular weight is 1020 g/mol. The molecule has 9 heteroatoms. The predicted octanol–water partition coefficient (Wildman–Crippen LogP) is 18.9. The molecule has 3 N–H and O–H groups in total. The zero-order chi connectivity index (χ0) is 52.0. The van der Waals surface area contributed by atoms with Gasteiger partial charge in [0.25, 0.3) is 0 Å². The standard InChI is InChI=1S/C62H121N2O6P/c1-6-8-10-12-14-16-18-20-22-24-26-27-28-29-30-31-32-33-34-35-36-38-39-41-43-45-47-49-51-53-55-61(65)60(59-70-71(67,68)69-58-57-64(3,4)5)63-62(66)56-54-52-50-48-46-44-42-40-37-25-23-21-19-17-15-13-11-9-7-2/h15,17,21,23,53,55,60-61,65H,6-14,16,18-20,22,24-52,54,56-59H2,1-5H3,(H-,63,66,67,68)/p+1/b17-15-,23-21-,55-53+. The number of carbonyl (C=O) groups is 1. The number of phosphoric acid groups is 1. The van der Waals surface area contributed by atoms with E-state index in [0.717, 1.165) is 44.9 Å². The summed E-state index contributed by atoms with van der Waals surface area (Å²) >= 11 is 0. The molecule has 420 valence electrons. The molecule has 8 nitrogen and oxygen atoms in total. The number of rotatable bonds is 57. The lowest BCUT2D eigenvalue weighted by Gasteiger charge is -2.25. The minimum absolute atomic E-state index is 0.0611. The maximum absolute atomic E-state index is 13.0. The van der Waals surface area contributed by atoms with E-state index < -0.39 is 20.0 Å². The smallest absolute Gasteiger partial charge is 0.387 e. The highest BCUT2D eigenvalue weighted by Crippen LogP contribution is 2.43. The summed E-state index contributed by atoms with van der Waals surface area (Å²) in [5.41, 5.74) is 0. The number of carbonyl (C=O) groups excluding carboxylic acids is 1. The van der Waals surface area contributed by atoms with Crippen molar-refractivity contribution >= 4 is 13.7 Å². The van der Waals surface area contributed by atoms with Crippen molar-refractivity contribution in [2.24, 2.45) is 0 Å². The van der Waals surface area contributed by atoms with E-state index in [1.54, 1.807) is 6.08 Å². The zero-order valence-electron chi connectivity index (χ0n) is 48.0. The second kappa shape index (κ2) is 53.5. The molecule has 1 amide bonds. The fraction of sp³-hybridized carbons (Fsp3) is 0.887. The van der Waals surface area contributed by atoms with Crippen LogP contribution >= 0.6 is 7.82 Å². The summed E-state index contributed by atoms with van der Waals surface area (Å²) in [6.45, 7) is 4.83. The minimum Gasteiger partial charge on any atom is -0.387 e. The molecular formula is C62H122N2O6P+. The van der Waals surface area contributed by atoms with Gasteiger partial charge in [-0.3, -0.25) is 13.8 Å². The molecule has 0 heterocycles. The highest BCUT2D eigenvalue weighted by Gasteiger charge is 2.27. The Balaban J connectivity index is 4.11. The summed E-state index contributed by atoms with van der Waals surface area (Å²) in [5, 5.41) is 14.0. The number of nitrogens with zero attached hydrogens (tertiary/aromatic N) is 1. The van der Waals surface area contributed by atoms with Crippen LogP contribution < -0.4 is 5.32 Å². The van der Waals surface area contributed by atoms with Gasteiger partial charge in [-0.2, -0.15) is 0 Å². The van der Waals surface area contributed by atoms with E-state index in [9.17, 15) is 19.4 Å². The Labute approximate surface area is 442 Å². The third-order valence-electron chi connectivity index (χ3n) is 14.1. The van der Waals surface area contributed by atoms with Crippen LogP contribution in [0.2, 0.25) is 0 Å². The quantitative estimate of drug-likeness (QED) is 0.0243. The van der Waals surface area contributed by atoms with Crippen LogP contribution in [0.4, 0.5) is 0 Å². The monoisotopic (exact) mass is 1020 g/mol. The molecule has 0 aliphatic carbocycles. The molecule has 71 heavy (non-hydrogen) atoms. The number of hydrogen-bond donors (Lipinski definition) is 3. The predicted molar refractivity (Wildman–Crippen MR) is 309 cm³/mol. The lowest BCUT2D eigenvalue weighted by molar-refractivity contribution is -0.870. The summed E-state index contributed by atoms with van der Waals surface area (Å²) in [5.74, 6) is -0.178. The van der Waals surface area contributed by atoms with Gasteiger partial charge in [-0.1, -0.05) is 281 Å². The number of likely N-dealkylation sites (N-methyl/N-ethyl adjacent to an activating group) is 1. The van der Waals surface area contributed by atoms with E-state index in [2.05, 4.69) is 43.5 Å². The van der Waals surface area contributed by atoms with Gasteiger partial charge in [0, 0.05) is 6.42 Å². The molecule has 0 saturated carbocycles. The summed E-state index contributed by atoms with van der Waals surface area (Å²) in [6.07, 6.45) is 69.7. The largest absolute Gasteiger partial charge is 0.472 e. The van der Waals surface area contributed by atoms with Crippen LogP contribution in [-0.4, -0.2) is 73.4 Å². The van der Waals surface area contributed by atoms with E-state index in [-0.39, 0.29) is 19.1 Å². The number of quaternary nitrogens is 1. The van der Waals surface area contributed by atoms with Crippen molar-refractivity contribution in [2.45, 2.75) is 315 Å². The van der Waals surface area contributed by atoms with Gasteiger partial charge < -0.3 is 19.8 Å². The number of aliphatic hydroxyl groups is 1. The molecule has 0 fully saturated rings. The third kappa shape index (κ3) is 56.3. The maximum Gasteiger partial charge on any atom is 0.472 e. The fourth-order valence-electron chi connectivity index (χ4n) is 9.25. The van der Waals surface area contributed by atoms with Gasteiger partial charge in [0.05, 0.1) is 39.9 Å². The fourth-order valence-corrected chi connectivity index (χ4v) is 9.99. The Morgan fingerprint density at radius 3 is 1.18 bits per heavy atom. The first-order valence-corrected chi connectivity index (χ1v) is 32.4. The highest BCUT2D eigenvalue weighted by molar-refractivity contribution is 7.47. The van der Waals surface area contributed by atoms with Crippen LogP contribution in [0.25, 0.3) is 0 Å². The molecule has 0 aliphatic rings. The van der Waals surface area contributed by atoms with Gasteiger partial charge in [0.2, 0.25) is 5.91 Å². The third-order valence-corrected chi connectivity index (χ3v) is 15.1. The number of amides is 1. The SMILES string of the molecule is CCCCC/C=C\C/C=C\CCCCCCCCCCCC(=O)NC(COP(=O)(O)OCC[N+](C)(C)C)C(O)/C=C/CCCCCCCCCCCCCCCCCCCCCCCCCCCCCC. The van der Waals surface area contributed by atoms with Crippen molar-refractivity contribution in [3.63, 3.8) is 0 Å². The van der Waals surface area contributed by atoms with Gasteiger partial charge in [0.1, 0.15) is 13.2 Å². The number of hydrogen-bond acceptors (Lipinski definition) is 5. The maximum atomic E-state index is 13.0. The highest BCUT2D eigenvalue weighted by atomic mass is 31.2. The van der Waals surface area contributed by atoms with Crippen LogP contribution in [0.1, 0.15) is 303 Å². The van der Waals surface area contributed by atoms with Crippen LogP contribution in [-0.2, 0) is 18.4 Å². The van der Waals surface area contributed by atoms with Gasteiger partial charge in [0.15, 0.2) is 0 Å². The molecule has 0 aliphatic heterocycles. The first-order chi connectivity index (χ1) is 34.5. The second-order valence-electron chi connectivity index (χ2n) is 22.4. The zero-order valence-corrected chi connectivity index (χ0v) is 48.9. The Hall–Kier alpha value is -1.28. The molecule has 0 spiro atoms. The molecule has 3 unspecified atom stereocenters. The van der Waals surface area contributed by atoms with Gasteiger partial charge >= 0.3 is 7.82 Å². The van der Waals surface area contributed by atoms with Crippen molar-refractivity contribution in [3.8, 4) is 0 Å². The van der Waals surface area contributed by atoms with Gasteiger partial charge in [-0.25, -0.2) is 4.57 Å². The number of allylic oxidation sites excluding steroid dienone is 5. The number of aliphatic hydroxyl groups excluding tert-OH is 1. The Bertz CT molecular complexity index is 1250. The van der Waals surface area contributed by atoms with E-state index >= 15 is 0 Å². The van der Waals surface area contributed by atoms with Gasteiger partial charge in [-0.05, 0) is 51.4 Å². The van der Waals surface area contributed by atoms with Crippen molar-refractivity contribution in [1.82, 2.24) is 5.32 Å². The summed E-state index contributed by atoms with van der Waals surface area (Å²) in [6, 6.07) is -0.850. The van der Waals surface area contributed by atoms with E-state index in [0.29, 0.717) is 17.4 Å². The Morgan fingerprint density at radius 2 is 0.803 bits per heavy atom. The number of unbranched alkanes of at least 4 members (excludes halogenated alkanes) is 40. The van der Waals surface area contributed by atoms with Crippen LogP contribution in [0, 0.1) is 0 Å². The molecular weight excluding hydrogens is 900 g/mol. The minimum atomic E-state index is -4.35. The van der Waals surface area contributed by atoms with Crippen molar-refractivity contribution < 1.29 is 32.9 Å². The summed E-state index contributed by atoms with van der Waals surface area (Å²) in [4.78, 5) is 23.3. The van der Waals surface area contributed by atoms with Crippen LogP contribution in [0.3, 0.4) is 0 Å². The van der Waals surface area contributed by atoms with Crippen LogP contribution in [0.15, 0.2) is 36.5 Å². The number of nitrogens with one attached hydrogen (secondary N) is 1. The first-order valence-electron chi connectivity index (χ1n) is 30.9. The normalized spacial score (nSPS) is 14.1. The van der Waals surface area contributed by atoms with Crippen molar-refractivity contribution in [1.29, 1.82) is 0 Å². The molecule has 3 atom stereocenters. The Morgan fingerprint density at radius 1 is 0.479 bits per heavy atom. The van der Waals surface area contributed by atoms with Crippen molar-refractivity contribution in [3.05, 3.63) is 36.5 Å².